The molecule has 0 bridgehead atoms. The average Bonchev–Trinajstić information content (AvgIpc) is 3.19. The van der Waals surface area contributed by atoms with Crippen molar-refractivity contribution in [1.82, 2.24) is 4.90 Å². The highest BCUT2D eigenvalue weighted by Gasteiger charge is 2.47. The fourth-order valence-electron chi connectivity index (χ4n) is 4.70. The fourth-order valence-corrected chi connectivity index (χ4v) is 4.70. The summed E-state index contributed by atoms with van der Waals surface area (Å²) < 4.78 is 5.35. The standard InChI is InChI=1S/C23H26N2O5/c1-14-13-16-7-3-6-10-19(16)25(14)21(27)15(2)30-20(26)11-12-24-22(28)17-8-4-5-9-18(17)23(24)29/h3-7,10,14-15,17-18H,8-9,11-13H2,1-2H3/t14-,15-,17-,18-/m0/s1. The maximum absolute atomic E-state index is 12.9. The number of ether oxygens (including phenoxy) is 1. The number of likely N-dealkylation sites (tertiary alicyclic amines) is 1. The molecule has 4 rings (SSSR count). The average molecular weight is 410 g/mol. The molecule has 1 aromatic rings. The number of benzene rings is 1. The van der Waals surface area contributed by atoms with Gasteiger partial charge in [-0.05, 0) is 44.7 Å². The largest absolute Gasteiger partial charge is 0.452 e. The third-order valence-corrected chi connectivity index (χ3v) is 6.24. The number of hydrogen-bond acceptors (Lipinski definition) is 5. The van der Waals surface area contributed by atoms with Gasteiger partial charge >= 0.3 is 5.97 Å². The van der Waals surface area contributed by atoms with Crippen LogP contribution in [0.3, 0.4) is 0 Å². The van der Waals surface area contributed by atoms with Gasteiger partial charge in [0.15, 0.2) is 6.10 Å². The Balaban J connectivity index is 1.33. The Morgan fingerprint density at radius 3 is 2.40 bits per heavy atom. The number of imide groups is 1. The number of para-hydroxylation sites is 1. The lowest BCUT2D eigenvalue weighted by Crippen LogP contribution is -2.43. The summed E-state index contributed by atoms with van der Waals surface area (Å²) in [7, 11) is 0. The van der Waals surface area contributed by atoms with Gasteiger partial charge in [-0.25, -0.2) is 0 Å². The van der Waals surface area contributed by atoms with Gasteiger partial charge in [-0.15, -0.1) is 0 Å². The summed E-state index contributed by atoms with van der Waals surface area (Å²) in [6.45, 7) is 3.51. The zero-order valence-corrected chi connectivity index (χ0v) is 17.2. The number of nitrogens with zero attached hydrogens (tertiary/aromatic N) is 2. The molecule has 3 aliphatic rings. The Kier molecular flexibility index (Phi) is 5.45. The van der Waals surface area contributed by atoms with Gasteiger partial charge < -0.3 is 9.64 Å². The van der Waals surface area contributed by atoms with Gasteiger partial charge in [0.2, 0.25) is 11.8 Å². The second-order valence-corrected chi connectivity index (χ2v) is 8.26. The predicted molar refractivity (Wildman–Crippen MR) is 109 cm³/mol. The molecule has 0 spiro atoms. The van der Waals surface area contributed by atoms with Crippen molar-refractivity contribution >= 4 is 29.4 Å². The number of anilines is 1. The summed E-state index contributed by atoms with van der Waals surface area (Å²) in [6, 6.07) is 7.70. The molecule has 1 saturated heterocycles. The lowest BCUT2D eigenvalue weighted by atomic mass is 9.85. The van der Waals surface area contributed by atoms with E-state index in [1.165, 1.54) is 4.90 Å². The summed E-state index contributed by atoms with van der Waals surface area (Å²) in [6.07, 6.45) is 4.69. The Morgan fingerprint density at radius 1 is 1.10 bits per heavy atom. The second-order valence-electron chi connectivity index (χ2n) is 8.26. The molecule has 1 aromatic carbocycles. The smallest absolute Gasteiger partial charge is 0.308 e. The molecule has 7 heteroatoms. The van der Waals surface area contributed by atoms with Crippen LogP contribution in [0.4, 0.5) is 5.69 Å². The van der Waals surface area contributed by atoms with Crippen LogP contribution in [0.5, 0.6) is 0 Å². The molecule has 2 heterocycles. The molecular weight excluding hydrogens is 384 g/mol. The fraction of sp³-hybridized carbons (Fsp3) is 0.478. The summed E-state index contributed by atoms with van der Waals surface area (Å²) >= 11 is 0. The summed E-state index contributed by atoms with van der Waals surface area (Å²) in [4.78, 5) is 53.1. The minimum atomic E-state index is -0.942. The molecule has 0 saturated carbocycles. The van der Waals surface area contributed by atoms with E-state index >= 15 is 0 Å². The van der Waals surface area contributed by atoms with Gasteiger partial charge in [0.25, 0.3) is 5.91 Å². The minimum absolute atomic E-state index is 0.00659. The molecule has 30 heavy (non-hydrogen) atoms. The molecule has 4 atom stereocenters. The topological polar surface area (TPSA) is 84.0 Å². The Labute approximate surface area is 175 Å². The van der Waals surface area contributed by atoms with Crippen LogP contribution in [0, 0.1) is 11.8 Å². The molecule has 0 aromatic heterocycles. The maximum Gasteiger partial charge on any atom is 0.308 e. The summed E-state index contributed by atoms with van der Waals surface area (Å²) in [5.74, 6) is -1.91. The van der Waals surface area contributed by atoms with Crippen LogP contribution in [-0.4, -0.2) is 47.3 Å². The zero-order chi connectivity index (χ0) is 21.4. The first-order chi connectivity index (χ1) is 14.4. The minimum Gasteiger partial charge on any atom is -0.452 e. The Bertz CT molecular complexity index is 898. The first kappa shape index (κ1) is 20.3. The molecular formula is C23H26N2O5. The van der Waals surface area contributed by atoms with E-state index < -0.39 is 12.1 Å². The van der Waals surface area contributed by atoms with E-state index in [-0.39, 0.29) is 48.6 Å². The van der Waals surface area contributed by atoms with Gasteiger partial charge in [-0.1, -0.05) is 30.4 Å². The van der Waals surface area contributed by atoms with Crippen LogP contribution in [0.25, 0.3) is 0 Å². The van der Waals surface area contributed by atoms with Gasteiger partial charge in [0.05, 0.1) is 18.3 Å². The highest BCUT2D eigenvalue weighted by atomic mass is 16.5. The van der Waals surface area contributed by atoms with Crippen molar-refractivity contribution in [1.29, 1.82) is 0 Å². The quantitative estimate of drug-likeness (QED) is 0.422. The number of esters is 1. The van der Waals surface area contributed by atoms with Crippen molar-refractivity contribution in [3.63, 3.8) is 0 Å². The van der Waals surface area contributed by atoms with E-state index in [0.717, 1.165) is 17.7 Å². The second kappa shape index (κ2) is 8.05. The summed E-state index contributed by atoms with van der Waals surface area (Å²) in [5, 5.41) is 0. The van der Waals surface area contributed by atoms with Gasteiger partial charge in [0.1, 0.15) is 0 Å². The van der Waals surface area contributed by atoms with Gasteiger partial charge in [-0.3, -0.25) is 24.1 Å². The van der Waals surface area contributed by atoms with E-state index in [9.17, 15) is 19.2 Å². The maximum atomic E-state index is 12.9. The van der Waals surface area contributed by atoms with E-state index in [4.69, 9.17) is 4.74 Å². The highest BCUT2D eigenvalue weighted by Crippen LogP contribution is 2.35. The van der Waals surface area contributed by atoms with Crippen LogP contribution in [0.1, 0.15) is 38.7 Å². The number of fused-ring (bicyclic) bond motifs is 2. The number of carbonyl (C=O) groups excluding carboxylic acids is 4. The highest BCUT2D eigenvalue weighted by molar-refractivity contribution is 6.05. The van der Waals surface area contributed by atoms with Gasteiger partial charge in [-0.2, -0.15) is 0 Å². The molecule has 0 N–H and O–H groups in total. The van der Waals surface area contributed by atoms with Crippen molar-refractivity contribution in [2.24, 2.45) is 11.8 Å². The number of hydrogen-bond donors (Lipinski definition) is 0. The number of amides is 3. The van der Waals surface area contributed by atoms with Crippen LogP contribution in [0.2, 0.25) is 0 Å². The van der Waals surface area contributed by atoms with Crippen molar-refractivity contribution in [2.45, 2.75) is 51.7 Å². The molecule has 3 amide bonds. The van der Waals surface area contributed by atoms with Crippen LogP contribution >= 0.6 is 0 Å². The summed E-state index contributed by atoms with van der Waals surface area (Å²) in [5.41, 5.74) is 1.95. The first-order valence-electron chi connectivity index (χ1n) is 10.5. The molecule has 158 valence electrons. The molecule has 2 aliphatic heterocycles. The van der Waals surface area contributed by atoms with Crippen LogP contribution in [0.15, 0.2) is 36.4 Å². The molecule has 7 nitrogen and oxygen atoms in total. The third kappa shape index (κ3) is 3.53. The van der Waals surface area contributed by atoms with Crippen LogP contribution in [-0.2, 0) is 30.3 Å². The van der Waals surface area contributed by atoms with E-state index in [0.29, 0.717) is 12.8 Å². The number of rotatable bonds is 5. The number of carbonyl (C=O) groups is 4. The van der Waals surface area contributed by atoms with Crippen molar-refractivity contribution in [3.05, 3.63) is 42.0 Å². The van der Waals surface area contributed by atoms with E-state index in [1.807, 2.05) is 43.3 Å². The van der Waals surface area contributed by atoms with Crippen molar-refractivity contribution in [2.75, 3.05) is 11.4 Å². The predicted octanol–water partition coefficient (Wildman–Crippen LogP) is 2.24. The van der Waals surface area contributed by atoms with Crippen LogP contribution < -0.4 is 4.90 Å². The van der Waals surface area contributed by atoms with Gasteiger partial charge in [0, 0.05) is 18.3 Å². The lowest BCUT2D eigenvalue weighted by molar-refractivity contribution is -0.154. The number of allylic oxidation sites excluding steroid dienone is 2. The third-order valence-electron chi connectivity index (χ3n) is 6.24. The monoisotopic (exact) mass is 410 g/mol. The van der Waals surface area contributed by atoms with Crippen molar-refractivity contribution < 1.29 is 23.9 Å². The van der Waals surface area contributed by atoms with E-state index in [2.05, 4.69) is 0 Å². The molecule has 1 fully saturated rings. The SMILES string of the molecule is C[C@H](OC(=O)CCN1C(=O)[C@H]2CC=CC[C@@H]2C1=O)C(=O)N1c2ccccc2C[C@@H]1C. The normalized spacial score (nSPS) is 25.9. The first-order valence-corrected chi connectivity index (χ1v) is 10.5. The Morgan fingerprint density at radius 2 is 1.73 bits per heavy atom. The lowest BCUT2D eigenvalue weighted by Gasteiger charge is -2.26. The molecule has 1 aliphatic carbocycles. The Hall–Kier alpha value is -2.96. The zero-order valence-electron chi connectivity index (χ0n) is 17.2. The molecule has 0 radical (unpaired) electrons. The van der Waals surface area contributed by atoms with E-state index in [1.54, 1.807) is 11.8 Å². The molecule has 0 unspecified atom stereocenters. The van der Waals surface area contributed by atoms with Crippen molar-refractivity contribution in [3.8, 4) is 0 Å².